The molecule has 1 saturated heterocycles. The lowest BCUT2D eigenvalue weighted by molar-refractivity contribution is -0.149. The lowest BCUT2D eigenvalue weighted by Crippen LogP contribution is -2.44. The topological polar surface area (TPSA) is 37.4 Å². The van der Waals surface area contributed by atoms with Crippen LogP contribution in [0, 0.1) is 0 Å². The van der Waals surface area contributed by atoms with Crippen LogP contribution in [-0.2, 0) is 9.59 Å². The summed E-state index contributed by atoms with van der Waals surface area (Å²) in [5.74, 6) is 0.0135. The third kappa shape index (κ3) is 2.09. The van der Waals surface area contributed by atoms with E-state index in [-0.39, 0.29) is 23.8 Å². The van der Waals surface area contributed by atoms with Crippen LogP contribution >= 0.6 is 15.9 Å². The maximum Gasteiger partial charge on any atom is 0.230 e. The summed E-state index contributed by atoms with van der Waals surface area (Å²) in [6.45, 7) is 0. The molecule has 1 aromatic carbocycles. The van der Waals surface area contributed by atoms with Crippen molar-refractivity contribution in [3.63, 3.8) is 0 Å². The number of amides is 2. The predicted molar refractivity (Wildman–Crippen MR) is 71.0 cm³/mol. The number of imide groups is 1. The molecular formula is C14H14BrNO2. The first kappa shape index (κ1) is 11.9. The third-order valence-corrected chi connectivity index (χ3v) is 4.36. The molecule has 2 amide bonds. The van der Waals surface area contributed by atoms with Gasteiger partial charge in [-0.15, -0.1) is 0 Å². The van der Waals surface area contributed by atoms with Gasteiger partial charge in [0.15, 0.2) is 0 Å². The average molecular weight is 308 g/mol. The minimum Gasteiger partial charge on any atom is -0.279 e. The second kappa shape index (κ2) is 4.50. The van der Waals surface area contributed by atoms with Gasteiger partial charge in [-0.1, -0.05) is 34.1 Å². The number of nitrogens with zero attached hydrogens (tertiary/aromatic N) is 1. The molecule has 0 unspecified atom stereocenters. The smallest absolute Gasteiger partial charge is 0.230 e. The Morgan fingerprint density at radius 3 is 2.22 bits per heavy atom. The molecule has 0 spiro atoms. The first-order chi connectivity index (χ1) is 8.66. The fraction of sp³-hybridized carbons (Fsp3) is 0.429. The third-order valence-electron chi connectivity index (χ3n) is 3.64. The monoisotopic (exact) mass is 307 g/mol. The molecule has 2 fully saturated rings. The van der Waals surface area contributed by atoms with Gasteiger partial charge in [0.2, 0.25) is 11.8 Å². The first-order valence-electron chi connectivity index (χ1n) is 6.26. The zero-order chi connectivity index (χ0) is 12.7. The largest absolute Gasteiger partial charge is 0.279 e. The molecule has 4 heteroatoms. The number of carbonyl (C=O) groups excluding carboxylic acids is 2. The number of piperidine rings is 1. The highest BCUT2D eigenvalue weighted by Crippen LogP contribution is 2.38. The number of likely N-dealkylation sites (tertiary alicyclic amines) is 1. The highest BCUT2D eigenvalue weighted by atomic mass is 79.9. The lowest BCUT2D eigenvalue weighted by atomic mass is 9.88. The molecule has 0 radical (unpaired) electrons. The average Bonchev–Trinajstić information content (AvgIpc) is 3.13. The van der Waals surface area contributed by atoms with Crippen molar-refractivity contribution in [1.29, 1.82) is 0 Å². The van der Waals surface area contributed by atoms with Gasteiger partial charge in [0.25, 0.3) is 0 Å². The summed E-state index contributed by atoms with van der Waals surface area (Å²) in [5.41, 5.74) is 1.06. The number of halogens is 1. The van der Waals surface area contributed by atoms with Crippen molar-refractivity contribution in [2.75, 3.05) is 0 Å². The van der Waals surface area contributed by atoms with E-state index in [9.17, 15) is 9.59 Å². The molecule has 1 aromatic rings. The molecule has 0 bridgehead atoms. The molecular weight excluding hydrogens is 294 g/mol. The number of benzene rings is 1. The van der Waals surface area contributed by atoms with Crippen LogP contribution in [0.3, 0.4) is 0 Å². The van der Waals surface area contributed by atoms with Gasteiger partial charge in [-0.25, -0.2) is 0 Å². The number of rotatable bonds is 2. The second-order valence-electron chi connectivity index (χ2n) is 5.02. The van der Waals surface area contributed by atoms with Crippen LogP contribution < -0.4 is 0 Å². The Balaban J connectivity index is 1.83. The Labute approximate surface area is 114 Å². The van der Waals surface area contributed by atoms with Crippen molar-refractivity contribution >= 4 is 27.7 Å². The van der Waals surface area contributed by atoms with Crippen molar-refractivity contribution in [1.82, 2.24) is 4.90 Å². The first-order valence-corrected chi connectivity index (χ1v) is 7.05. The molecule has 18 heavy (non-hydrogen) atoms. The Morgan fingerprint density at radius 2 is 1.67 bits per heavy atom. The van der Waals surface area contributed by atoms with E-state index in [1.165, 1.54) is 4.90 Å². The normalized spacial score (nSPS) is 21.5. The lowest BCUT2D eigenvalue weighted by Gasteiger charge is -2.30. The zero-order valence-corrected chi connectivity index (χ0v) is 11.5. The summed E-state index contributed by atoms with van der Waals surface area (Å²) < 4.78 is 0.982. The van der Waals surface area contributed by atoms with Crippen LogP contribution in [0.15, 0.2) is 28.7 Å². The molecule has 3 nitrogen and oxygen atoms in total. The van der Waals surface area contributed by atoms with E-state index in [0.29, 0.717) is 12.8 Å². The van der Waals surface area contributed by atoms with Gasteiger partial charge in [0, 0.05) is 29.3 Å². The quantitative estimate of drug-likeness (QED) is 0.788. The minimum atomic E-state index is -0.00509. The molecule has 2 aliphatic rings. The van der Waals surface area contributed by atoms with Crippen LogP contribution in [0.4, 0.5) is 0 Å². The Morgan fingerprint density at radius 1 is 1.06 bits per heavy atom. The Hall–Kier alpha value is -1.16. The van der Waals surface area contributed by atoms with Crippen LogP contribution in [0.1, 0.15) is 37.2 Å². The van der Waals surface area contributed by atoms with E-state index >= 15 is 0 Å². The zero-order valence-electron chi connectivity index (χ0n) is 9.93. The fourth-order valence-corrected chi connectivity index (χ4v) is 3.20. The van der Waals surface area contributed by atoms with Gasteiger partial charge in [0.05, 0.1) is 0 Å². The van der Waals surface area contributed by atoms with Crippen molar-refractivity contribution in [2.24, 2.45) is 0 Å². The second-order valence-corrected chi connectivity index (χ2v) is 5.87. The van der Waals surface area contributed by atoms with Gasteiger partial charge in [0.1, 0.15) is 0 Å². The predicted octanol–water partition coefficient (Wildman–Crippen LogP) is 2.84. The van der Waals surface area contributed by atoms with E-state index in [1.54, 1.807) is 0 Å². The maximum atomic E-state index is 12.1. The van der Waals surface area contributed by atoms with E-state index in [0.717, 1.165) is 22.9 Å². The SMILES string of the molecule is O=C1CC(c2ccccc2Br)CC(=O)N1C1CC1. The van der Waals surface area contributed by atoms with Crippen LogP contribution in [0.2, 0.25) is 0 Å². The molecule has 1 saturated carbocycles. The van der Waals surface area contributed by atoms with E-state index in [2.05, 4.69) is 15.9 Å². The molecule has 94 valence electrons. The Kier molecular flexibility index (Phi) is 2.98. The van der Waals surface area contributed by atoms with E-state index in [1.807, 2.05) is 24.3 Å². The molecule has 1 heterocycles. The number of hydrogen-bond acceptors (Lipinski definition) is 2. The molecule has 1 aliphatic heterocycles. The van der Waals surface area contributed by atoms with E-state index in [4.69, 9.17) is 0 Å². The Bertz CT molecular complexity index is 492. The molecule has 3 rings (SSSR count). The number of hydrogen-bond donors (Lipinski definition) is 0. The van der Waals surface area contributed by atoms with Gasteiger partial charge in [-0.2, -0.15) is 0 Å². The van der Waals surface area contributed by atoms with Gasteiger partial charge < -0.3 is 0 Å². The van der Waals surface area contributed by atoms with Crippen molar-refractivity contribution in [3.8, 4) is 0 Å². The summed E-state index contributed by atoms with van der Waals surface area (Å²) in [6, 6.07) is 8.03. The summed E-state index contributed by atoms with van der Waals surface area (Å²) >= 11 is 3.49. The maximum absolute atomic E-state index is 12.1. The van der Waals surface area contributed by atoms with Crippen LogP contribution in [0.5, 0.6) is 0 Å². The van der Waals surface area contributed by atoms with Crippen LogP contribution in [0.25, 0.3) is 0 Å². The molecule has 0 atom stereocenters. The summed E-state index contributed by atoms with van der Waals surface area (Å²) in [7, 11) is 0. The summed E-state index contributed by atoms with van der Waals surface area (Å²) in [6.07, 6.45) is 2.87. The summed E-state index contributed by atoms with van der Waals surface area (Å²) in [5, 5.41) is 0. The van der Waals surface area contributed by atoms with Gasteiger partial charge >= 0.3 is 0 Å². The van der Waals surface area contributed by atoms with Gasteiger partial charge in [-0.05, 0) is 24.5 Å². The van der Waals surface area contributed by atoms with Crippen molar-refractivity contribution in [3.05, 3.63) is 34.3 Å². The summed E-state index contributed by atoms with van der Waals surface area (Å²) in [4.78, 5) is 25.6. The molecule has 1 aliphatic carbocycles. The molecule has 0 N–H and O–H groups in total. The van der Waals surface area contributed by atoms with Crippen molar-refractivity contribution in [2.45, 2.75) is 37.6 Å². The van der Waals surface area contributed by atoms with Gasteiger partial charge in [-0.3, -0.25) is 14.5 Å². The van der Waals surface area contributed by atoms with Crippen LogP contribution in [-0.4, -0.2) is 22.8 Å². The van der Waals surface area contributed by atoms with E-state index < -0.39 is 0 Å². The molecule has 0 aromatic heterocycles. The minimum absolute atomic E-state index is 0.00509. The number of carbonyl (C=O) groups is 2. The highest BCUT2D eigenvalue weighted by molar-refractivity contribution is 9.10. The highest BCUT2D eigenvalue weighted by Gasteiger charge is 2.42. The van der Waals surface area contributed by atoms with Crippen molar-refractivity contribution < 1.29 is 9.59 Å². The fourth-order valence-electron chi connectivity index (χ4n) is 2.60. The standard InChI is InChI=1S/C14H14BrNO2/c15-12-4-2-1-3-11(12)9-7-13(17)16(10-5-6-10)14(18)8-9/h1-4,9-10H,5-8H2.